The van der Waals surface area contributed by atoms with Crippen LogP contribution in [0.15, 0.2) is 24.3 Å². The first kappa shape index (κ1) is 25.3. The third-order valence-electron chi connectivity index (χ3n) is 6.67. The van der Waals surface area contributed by atoms with Crippen LogP contribution in [0.5, 0.6) is 0 Å². The number of anilines is 2. The molecule has 1 atom stereocenters. The molecule has 0 saturated carbocycles. The van der Waals surface area contributed by atoms with Crippen molar-refractivity contribution in [1.82, 2.24) is 20.2 Å². The maximum Gasteiger partial charge on any atom is 0.319 e. The molecule has 2 aromatic rings. The first-order valence-corrected chi connectivity index (χ1v) is 12.8. The first-order valence-electron chi connectivity index (χ1n) is 12.8. The van der Waals surface area contributed by atoms with E-state index >= 15 is 0 Å². The number of rotatable bonds is 8. The van der Waals surface area contributed by atoms with Gasteiger partial charge < -0.3 is 30.3 Å². The summed E-state index contributed by atoms with van der Waals surface area (Å²) in [6, 6.07) is 7.75. The highest BCUT2D eigenvalue weighted by atomic mass is 16.5. The summed E-state index contributed by atoms with van der Waals surface area (Å²) in [4.78, 5) is 26.8. The molecule has 1 aromatic carbocycles. The van der Waals surface area contributed by atoms with Crippen LogP contribution in [-0.2, 0) is 17.6 Å². The summed E-state index contributed by atoms with van der Waals surface area (Å²) in [6.07, 6.45) is 3.65. The SMILES string of the molecule is CCNC(=O)Nc1ccc(-c2nc3c(c(N4CCOCC4C)n2)CCN(CCCCO)CC3)cc1. The number of aliphatic hydroxyl groups excluding tert-OH is 1. The topological polar surface area (TPSA) is 103 Å². The number of hydrogen-bond donors (Lipinski definition) is 3. The van der Waals surface area contributed by atoms with Crippen molar-refractivity contribution in [1.29, 1.82) is 0 Å². The molecule has 9 nitrogen and oxygen atoms in total. The third-order valence-corrected chi connectivity index (χ3v) is 6.67. The molecule has 0 spiro atoms. The van der Waals surface area contributed by atoms with Gasteiger partial charge in [0.1, 0.15) is 5.82 Å². The number of urea groups is 1. The Labute approximate surface area is 207 Å². The number of morpholine rings is 1. The Morgan fingerprint density at radius 2 is 1.94 bits per heavy atom. The second-order valence-corrected chi connectivity index (χ2v) is 9.25. The third kappa shape index (κ3) is 6.48. The fraction of sp³-hybridized carbons (Fsp3) is 0.577. The van der Waals surface area contributed by atoms with Crippen molar-refractivity contribution in [2.75, 3.05) is 62.8 Å². The van der Waals surface area contributed by atoms with Gasteiger partial charge in [-0.2, -0.15) is 0 Å². The van der Waals surface area contributed by atoms with Crippen molar-refractivity contribution < 1.29 is 14.6 Å². The Hall–Kier alpha value is -2.75. The smallest absolute Gasteiger partial charge is 0.319 e. The molecule has 4 rings (SSSR count). The van der Waals surface area contributed by atoms with E-state index in [1.807, 2.05) is 31.2 Å². The molecule has 3 N–H and O–H groups in total. The van der Waals surface area contributed by atoms with Crippen LogP contribution < -0.4 is 15.5 Å². The molecule has 2 aliphatic rings. The summed E-state index contributed by atoms with van der Waals surface area (Å²) >= 11 is 0. The van der Waals surface area contributed by atoms with Crippen LogP contribution in [0, 0.1) is 0 Å². The Morgan fingerprint density at radius 3 is 2.69 bits per heavy atom. The Kier molecular flexibility index (Phi) is 8.90. The lowest BCUT2D eigenvalue weighted by Gasteiger charge is -2.36. The number of nitrogens with one attached hydrogen (secondary N) is 2. The van der Waals surface area contributed by atoms with Gasteiger partial charge in [-0.3, -0.25) is 0 Å². The zero-order valence-corrected chi connectivity index (χ0v) is 20.9. The van der Waals surface area contributed by atoms with E-state index < -0.39 is 0 Å². The Balaban J connectivity index is 1.62. The highest BCUT2D eigenvalue weighted by Crippen LogP contribution is 2.30. The number of carbonyl (C=O) groups excluding carboxylic acids is 1. The molecule has 35 heavy (non-hydrogen) atoms. The molecule has 0 aliphatic carbocycles. The highest BCUT2D eigenvalue weighted by molar-refractivity contribution is 5.89. The van der Waals surface area contributed by atoms with Gasteiger partial charge in [-0.15, -0.1) is 0 Å². The molecule has 190 valence electrons. The minimum Gasteiger partial charge on any atom is -0.396 e. The number of amides is 2. The molecule has 1 fully saturated rings. The second-order valence-electron chi connectivity index (χ2n) is 9.25. The summed E-state index contributed by atoms with van der Waals surface area (Å²) in [6.45, 7) is 10.1. The molecule has 2 amide bonds. The fourth-order valence-electron chi connectivity index (χ4n) is 4.74. The lowest BCUT2D eigenvalue weighted by atomic mass is 10.1. The number of carbonyl (C=O) groups is 1. The van der Waals surface area contributed by atoms with E-state index in [2.05, 4.69) is 27.4 Å². The van der Waals surface area contributed by atoms with Crippen molar-refractivity contribution in [2.24, 2.45) is 0 Å². The van der Waals surface area contributed by atoms with E-state index in [4.69, 9.17) is 19.8 Å². The second kappa shape index (κ2) is 12.3. The number of nitrogens with zero attached hydrogens (tertiary/aromatic N) is 4. The van der Waals surface area contributed by atoms with Crippen LogP contribution in [0.3, 0.4) is 0 Å². The average molecular weight is 483 g/mol. The monoisotopic (exact) mass is 482 g/mol. The molecule has 1 unspecified atom stereocenters. The Bertz CT molecular complexity index is 984. The molecular formula is C26H38N6O3. The molecule has 9 heteroatoms. The minimum atomic E-state index is -0.214. The van der Waals surface area contributed by atoms with E-state index in [1.54, 1.807) is 0 Å². The molecule has 1 aromatic heterocycles. The summed E-state index contributed by atoms with van der Waals surface area (Å²) in [7, 11) is 0. The van der Waals surface area contributed by atoms with Crippen LogP contribution >= 0.6 is 0 Å². The predicted octanol–water partition coefficient (Wildman–Crippen LogP) is 2.68. The summed E-state index contributed by atoms with van der Waals surface area (Å²) < 4.78 is 5.70. The fourth-order valence-corrected chi connectivity index (χ4v) is 4.74. The molecule has 0 radical (unpaired) electrons. The molecule has 0 bridgehead atoms. The lowest BCUT2D eigenvalue weighted by molar-refractivity contribution is 0.0984. The maximum absolute atomic E-state index is 11.8. The van der Waals surface area contributed by atoms with Gasteiger partial charge in [0.15, 0.2) is 5.82 Å². The van der Waals surface area contributed by atoms with Gasteiger partial charge in [-0.25, -0.2) is 14.8 Å². The van der Waals surface area contributed by atoms with Crippen LogP contribution in [0.25, 0.3) is 11.4 Å². The predicted molar refractivity (Wildman–Crippen MR) is 138 cm³/mol. The zero-order valence-electron chi connectivity index (χ0n) is 20.9. The number of benzene rings is 1. The van der Waals surface area contributed by atoms with Gasteiger partial charge in [-0.05, 0) is 63.9 Å². The average Bonchev–Trinajstić information content (AvgIpc) is 3.07. The van der Waals surface area contributed by atoms with Gasteiger partial charge in [0.05, 0.1) is 24.9 Å². The minimum absolute atomic E-state index is 0.214. The molecular weight excluding hydrogens is 444 g/mol. The Morgan fingerprint density at radius 1 is 1.14 bits per heavy atom. The number of aliphatic hydroxyl groups is 1. The van der Waals surface area contributed by atoms with Crippen molar-refractivity contribution in [3.63, 3.8) is 0 Å². The number of aromatic nitrogens is 2. The number of hydrogen-bond acceptors (Lipinski definition) is 7. The summed E-state index contributed by atoms with van der Waals surface area (Å²) in [5.41, 5.74) is 4.04. The van der Waals surface area contributed by atoms with Crippen molar-refractivity contribution in [2.45, 2.75) is 45.6 Å². The van der Waals surface area contributed by atoms with Crippen molar-refractivity contribution in [3.8, 4) is 11.4 Å². The van der Waals surface area contributed by atoms with Gasteiger partial charge in [0.25, 0.3) is 0 Å². The maximum atomic E-state index is 11.8. The van der Waals surface area contributed by atoms with Gasteiger partial charge in [0.2, 0.25) is 0 Å². The lowest BCUT2D eigenvalue weighted by Crippen LogP contribution is -2.45. The first-order chi connectivity index (χ1) is 17.1. The largest absolute Gasteiger partial charge is 0.396 e. The van der Waals surface area contributed by atoms with Gasteiger partial charge in [0, 0.05) is 56.0 Å². The summed E-state index contributed by atoms with van der Waals surface area (Å²) in [5.74, 6) is 1.75. The molecule has 3 heterocycles. The normalized spacial score (nSPS) is 18.6. The number of ether oxygens (including phenoxy) is 1. The number of fused-ring (bicyclic) bond motifs is 1. The van der Waals surface area contributed by atoms with Crippen molar-refractivity contribution in [3.05, 3.63) is 35.5 Å². The van der Waals surface area contributed by atoms with E-state index in [-0.39, 0.29) is 18.7 Å². The van der Waals surface area contributed by atoms with Crippen LogP contribution in [0.2, 0.25) is 0 Å². The van der Waals surface area contributed by atoms with Crippen LogP contribution in [0.1, 0.15) is 37.9 Å². The van der Waals surface area contributed by atoms with E-state index in [9.17, 15) is 4.79 Å². The quantitative estimate of drug-likeness (QED) is 0.497. The van der Waals surface area contributed by atoms with Gasteiger partial charge in [-0.1, -0.05) is 0 Å². The van der Waals surface area contributed by atoms with Crippen molar-refractivity contribution >= 4 is 17.5 Å². The van der Waals surface area contributed by atoms with Gasteiger partial charge >= 0.3 is 6.03 Å². The highest BCUT2D eigenvalue weighted by Gasteiger charge is 2.27. The van der Waals surface area contributed by atoms with Crippen LogP contribution in [0.4, 0.5) is 16.3 Å². The molecule has 1 saturated heterocycles. The van der Waals surface area contributed by atoms with E-state index in [0.29, 0.717) is 19.8 Å². The summed E-state index contributed by atoms with van der Waals surface area (Å²) in [5, 5.41) is 14.7. The number of unbranched alkanes of at least 4 members (excludes halogenated alkanes) is 1. The van der Waals surface area contributed by atoms with E-state index in [0.717, 1.165) is 80.4 Å². The van der Waals surface area contributed by atoms with E-state index in [1.165, 1.54) is 5.56 Å². The molecule has 2 aliphatic heterocycles. The standard InChI is InChI=1S/C26H38N6O3/c1-3-27-26(34)28-21-8-6-20(7-9-21)24-29-23-11-14-31(12-4-5-16-33)13-10-22(23)25(30-24)32-15-17-35-18-19(32)2/h6-9,19,33H,3-5,10-18H2,1-2H3,(H2,27,28,34). The van der Waals surface area contributed by atoms with Crippen LogP contribution in [-0.4, -0.2) is 84.6 Å². The zero-order chi connectivity index (χ0) is 24.6.